The number of benzene rings is 1. The summed E-state index contributed by atoms with van der Waals surface area (Å²) in [6.45, 7) is 12.6. The van der Waals surface area contributed by atoms with Gasteiger partial charge in [0.15, 0.2) is 17.5 Å². The van der Waals surface area contributed by atoms with Gasteiger partial charge in [-0.05, 0) is 50.8 Å². The number of hydrogen-bond acceptors (Lipinski definition) is 3. The topological polar surface area (TPSA) is 54.9 Å². The molecule has 0 aliphatic rings. The molecule has 0 heterocycles. The van der Waals surface area contributed by atoms with E-state index < -0.39 is 0 Å². The first-order chi connectivity index (χ1) is 11.5. The highest BCUT2D eigenvalue weighted by Gasteiger charge is 2.09. The van der Waals surface area contributed by atoms with E-state index in [1.165, 1.54) is 5.56 Å². The molecule has 6 heteroatoms. The predicted octanol–water partition coefficient (Wildman–Crippen LogP) is 3.85. The highest BCUT2D eigenvalue weighted by Crippen LogP contribution is 2.28. The van der Waals surface area contributed by atoms with Crippen molar-refractivity contribution in [1.82, 2.24) is 10.6 Å². The van der Waals surface area contributed by atoms with Gasteiger partial charge in [0.1, 0.15) is 0 Å². The van der Waals surface area contributed by atoms with Gasteiger partial charge >= 0.3 is 0 Å². The lowest BCUT2D eigenvalue weighted by Gasteiger charge is -2.20. The van der Waals surface area contributed by atoms with Gasteiger partial charge in [0.25, 0.3) is 0 Å². The maximum absolute atomic E-state index is 5.68. The smallest absolute Gasteiger partial charge is 0.191 e. The Bertz CT molecular complexity index is 521. The zero-order valence-electron chi connectivity index (χ0n) is 16.4. The van der Waals surface area contributed by atoms with Crippen molar-refractivity contribution in [3.63, 3.8) is 0 Å². The van der Waals surface area contributed by atoms with Crippen molar-refractivity contribution in [2.75, 3.05) is 26.8 Å². The Morgan fingerprint density at radius 3 is 2.28 bits per heavy atom. The number of rotatable bonds is 9. The Morgan fingerprint density at radius 2 is 1.72 bits per heavy atom. The molecule has 5 nitrogen and oxygen atoms in total. The molecule has 0 spiro atoms. The molecular weight excluding hydrogens is 429 g/mol. The Balaban J connectivity index is 0.00000576. The van der Waals surface area contributed by atoms with Gasteiger partial charge in [-0.1, -0.05) is 19.9 Å². The second kappa shape index (κ2) is 13.1. The number of nitrogens with zero attached hydrogens (tertiary/aromatic N) is 1. The van der Waals surface area contributed by atoms with Crippen molar-refractivity contribution in [2.45, 2.75) is 47.1 Å². The lowest BCUT2D eigenvalue weighted by atomic mass is 10.1. The molecule has 0 radical (unpaired) electrons. The van der Waals surface area contributed by atoms with Crippen LogP contribution < -0.4 is 20.1 Å². The summed E-state index contributed by atoms with van der Waals surface area (Å²) in [5, 5.41) is 6.77. The minimum atomic E-state index is 0. The molecule has 0 aliphatic heterocycles. The van der Waals surface area contributed by atoms with E-state index in [4.69, 9.17) is 9.47 Å². The summed E-state index contributed by atoms with van der Waals surface area (Å²) in [5.74, 6) is 3.02. The fourth-order valence-corrected chi connectivity index (χ4v) is 2.15. The predicted molar refractivity (Wildman–Crippen MR) is 117 cm³/mol. The summed E-state index contributed by atoms with van der Waals surface area (Å²) in [6, 6.07) is 6.51. The van der Waals surface area contributed by atoms with E-state index in [-0.39, 0.29) is 24.0 Å². The zero-order chi connectivity index (χ0) is 17.9. The molecule has 0 bridgehead atoms. The van der Waals surface area contributed by atoms with E-state index in [0.29, 0.717) is 25.2 Å². The average molecular weight is 463 g/mol. The van der Waals surface area contributed by atoms with Crippen LogP contribution in [0.5, 0.6) is 11.5 Å². The minimum absolute atomic E-state index is 0. The molecule has 0 aliphatic carbocycles. The van der Waals surface area contributed by atoms with Crippen molar-refractivity contribution in [3.05, 3.63) is 23.8 Å². The van der Waals surface area contributed by atoms with Gasteiger partial charge in [-0.15, -0.1) is 24.0 Å². The van der Waals surface area contributed by atoms with E-state index in [2.05, 4.69) is 48.5 Å². The van der Waals surface area contributed by atoms with Gasteiger partial charge in [0.05, 0.1) is 13.2 Å². The molecule has 25 heavy (non-hydrogen) atoms. The van der Waals surface area contributed by atoms with E-state index in [9.17, 15) is 0 Å². The van der Waals surface area contributed by atoms with Crippen molar-refractivity contribution in [1.29, 1.82) is 0 Å². The first-order valence-electron chi connectivity index (χ1n) is 8.87. The first kappa shape index (κ1) is 23.8. The molecule has 0 saturated heterocycles. The van der Waals surface area contributed by atoms with Gasteiger partial charge < -0.3 is 20.1 Å². The number of nitrogens with one attached hydrogen (secondary N) is 2. The number of halogens is 1. The molecular formula is C19H34IN3O2. The van der Waals surface area contributed by atoms with Gasteiger partial charge in [-0.25, -0.2) is 0 Å². The number of ether oxygens (including phenoxy) is 2. The number of guanidine groups is 1. The zero-order valence-corrected chi connectivity index (χ0v) is 18.7. The van der Waals surface area contributed by atoms with Crippen LogP contribution in [0.1, 0.15) is 40.2 Å². The SMILES string of the molecule is CCOc1ccc(CCNC(=NC)NC(C)C(C)C)cc1OCC.I. The highest BCUT2D eigenvalue weighted by atomic mass is 127. The van der Waals surface area contributed by atoms with Crippen molar-refractivity contribution in [2.24, 2.45) is 10.9 Å². The highest BCUT2D eigenvalue weighted by molar-refractivity contribution is 14.0. The van der Waals surface area contributed by atoms with Gasteiger partial charge in [-0.2, -0.15) is 0 Å². The normalized spacial score (nSPS) is 12.4. The fraction of sp³-hybridized carbons (Fsp3) is 0.632. The number of hydrogen-bond donors (Lipinski definition) is 2. The molecule has 1 rings (SSSR count). The fourth-order valence-electron chi connectivity index (χ4n) is 2.15. The maximum atomic E-state index is 5.68. The quantitative estimate of drug-likeness (QED) is 0.332. The summed E-state index contributed by atoms with van der Waals surface area (Å²) >= 11 is 0. The second-order valence-electron chi connectivity index (χ2n) is 6.07. The largest absolute Gasteiger partial charge is 0.490 e. The van der Waals surface area contributed by atoms with E-state index in [1.54, 1.807) is 7.05 Å². The van der Waals surface area contributed by atoms with E-state index in [1.807, 2.05) is 19.9 Å². The van der Waals surface area contributed by atoms with Crippen LogP contribution in [0, 0.1) is 5.92 Å². The van der Waals surface area contributed by atoms with Crippen LogP contribution in [0.4, 0.5) is 0 Å². The molecule has 144 valence electrons. The second-order valence-corrected chi connectivity index (χ2v) is 6.07. The first-order valence-corrected chi connectivity index (χ1v) is 8.87. The van der Waals surface area contributed by atoms with Crippen LogP contribution in [-0.2, 0) is 6.42 Å². The third-order valence-electron chi connectivity index (χ3n) is 3.90. The minimum Gasteiger partial charge on any atom is -0.490 e. The Labute approximate surface area is 170 Å². The molecule has 1 atom stereocenters. The molecule has 0 fully saturated rings. The Morgan fingerprint density at radius 1 is 1.08 bits per heavy atom. The molecule has 2 N–H and O–H groups in total. The third-order valence-corrected chi connectivity index (χ3v) is 3.90. The van der Waals surface area contributed by atoms with Crippen LogP contribution in [0.2, 0.25) is 0 Å². The summed E-state index contributed by atoms with van der Waals surface area (Å²) in [7, 11) is 1.80. The molecule has 0 saturated carbocycles. The van der Waals surface area contributed by atoms with Crippen LogP contribution in [0.15, 0.2) is 23.2 Å². The molecule has 0 aromatic heterocycles. The van der Waals surface area contributed by atoms with Gasteiger partial charge in [-0.3, -0.25) is 4.99 Å². The van der Waals surface area contributed by atoms with E-state index >= 15 is 0 Å². The maximum Gasteiger partial charge on any atom is 0.191 e. The molecule has 0 amide bonds. The molecule has 1 unspecified atom stereocenters. The van der Waals surface area contributed by atoms with Gasteiger partial charge in [0, 0.05) is 19.6 Å². The summed E-state index contributed by atoms with van der Waals surface area (Å²) < 4.78 is 11.3. The van der Waals surface area contributed by atoms with Crippen molar-refractivity contribution in [3.8, 4) is 11.5 Å². The van der Waals surface area contributed by atoms with Crippen molar-refractivity contribution >= 4 is 29.9 Å². The average Bonchev–Trinajstić information content (AvgIpc) is 2.56. The van der Waals surface area contributed by atoms with Crippen molar-refractivity contribution < 1.29 is 9.47 Å². The van der Waals surface area contributed by atoms with E-state index in [0.717, 1.165) is 30.4 Å². The Kier molecular flexibility index (Phi) is 12.5. The monoisotopic (exact) mass is 463 g/mol. The van der Waals surface area contributed by atoms with Crippen LogP contribution in [-0.4, -0.2) is 38.8 Å². The third kappa shape index (κ3) is 8.65. The summed E-state index contributed by atoms with van der Waals surface area (Å²) in [4.78, 5) is 4.28. The molecule has 1 aromatic rings. The Hall–Kier alpha value is -1.18. The van der Waals surface area contributed by atoms with Crippen LogP contribution in [0.3, 0.4) is 0 Å². The number of aliphatic imine (C=N–C) groups is 1. The molecule has 1 aromatic carbocycles. The van der Waals surface area contributed by atoms with Crippen LogP contribution in [0.25, 0.3) is 0 Å². The lowest BCUT2D eigenvalue weighted by Crippen LogP contribution is -2.44. The summed E-state index contributed by atoms with van der Waals surface area (Å²) in [6.07, 6.45) is 0.892. The van der Waals surface area contributed by atoms with Gasteiger partial charge in [0.2, 0.25) is 0 Å². The van der Waals surface area contributed by atoms with Crippen LogP contribution >= 0.6 is 24.0 Å². The lowest BCUT2D eigenvalue weighted by molar-refractivity contribution is 0.287. The summed E-state index contributed by atoms with van der Waals surface area (Å²) in [5.41, 5.74) is 1.21. The standard InChI is InChI=1S/C19H33N3O2.HI/c1-7-23-17-10-9-16(13-18(17)24-8-2)11-12-21-19(20-6)22-15(5)14(3)4;/h9-10,13-15H,7-8,11-12H2,1-6H3,(H2,20,21,22);1H.